The van der Waals surface area contributed by atoms with Crippen LogP contribution in [0.1, 0.15) is 19.4 Å². The average molecular weight is 243 g/mol. The zero-order valence-corrected chi connectivity index (χ0v) is 11.3. The third-order valence-electron chi connectivity index (χ3n) is 2.43. The van der Waals surface area contributed by atoms with E-state index in [9.17, 15) is 0 Å². The Morgan fingerprint density at radius 2 is 1.50 bits per heavy atom. The molecule has 0 heterocycles. The molecule has 0 aliphatic carbocycles. The van der Waals surface area contributed by atoms with Gasteiger partial charge in [0.05, 0.1) is 7.11 Å². The molecule has 0 aromatic heterocycles. The lowest BCUT2D eigenvalue weighted by atomic mass is 10.2. The van der Waals surface area contributed by atoms with Crippen molar-refractivity contribution in [2.75, 3.05) is 12.4 Å². The second-order valence-corrected chi connectivity index (χ2v) is 3.57. The van der Waals surface area contributed by atoms with Gasteiger partial charge in [-0.1, -0.05) is 44.2 Å². The number of rotatable bonds is 4. The summed E-state index contributed by atoms with van der Waals surface area (Å²) in [6, 6.07) is 18.3. The fraction of sp³-hybridized carbons (Fsp3) is 0.250. The van der Waals surface area contributed by atoms with Crippen molar-refractivity contribution in [1.82, 2.24) is 0 Å². The van der Waals surface area contributed by atoms with Crippen LogP contribution in [0.3, 0.4) is 0 Å². The summed E-state index contributed by atoms with van der Waals surface area (Å²) in [6.07, 6.45) is 0. The first-order valence-electron chi connectivity index (χ1n) is 6.30. The molecule has 0 fully saturated rings. The van der Waals surface area contributed by atoms with Gasteiger partial charge in [-0.25, -0.2) is 0 Å². The molecular weight excluding hydrogens is 222 g/mol. The van der Waals surface area contributed by atoms with E-state index < -0.39 is 0 Å². The van der Waals surface area contributed by atoms with E-state index >= 15 is 0 Å². The first-order chi connectivity index (χ1) is 8.88. The lowest BCUT2D eigenvalue weighted by molar-refractivity contribution is 0.414. The van der Waals surface area contributed by atoms with Crippen LogP contribution in [-0.4, -0.2) is 7.11 Å². The average Bonchev–Trinajstić information content (AvgIpc) is 2.49. The molecule has 18 heavy (non-hydrogen) atoms. The predicted octanol–water partition coefficient (Wildman–Crippen LogP) is 4.33. The van der Waals surface area contributed by atoms with E-state index in [0.29, 0.717) is 0 Å². The first-order valence-corrected chi connectivity index (χ1v) is 6.30. The molecule has 0 atom stereocenters. The van der Waals surface area contributed by atoms with Crippen LogP contribution in [0.5, 0.6) is 5.75 Å². The second-order valence-electron chi connectivity index (χ2n) is 3.57. The van der Waals surface area contributed by atoms with Crippen molar-refractivity contribution in [1.29, 1.82) is 0 Å². The van der Waals surface area contributed by atoms with Crippen LogP contribution in [0.4, 0.5) is 5.69 Å². The van der Waals surface area contributed by atoms with Crippen LogP contribution in [-0.2, 0) is 6.54 Å². The number of benzene rings is 2. The van der Waals surface area contributed by atoms with E-state index in [0.717, 1.165) is 18.0 Å². The summed E-state index contributed by atoms with van der Waals surface area (Å²) in [7, 11) is 1.68. The van der Waals surface area contributed by atoms with Gasteiger partial charge in [-0.05, 0) is 29.8 Å². The highest BCUT2D eigenvalue weighted by atomic mass is 16.5. The molecule has 0 aliphatic heterocycles. The van der Waals surface area contributed by atoms with Gasteiger partial charge in [0.25, 0.3) is 0 Å². The number of para-hydroxylation sites is 1. The number of anilines is 1. The van der Waals surface area contributed by atoms with Crippen molar-refractivity contribution in [3.05, 3.63) is 60.2 Å². The molecule has 0 aliphatic rings. The monoisotopic (exact) mass is 243 g/mol. The van der Waals surface area contributed by atoms with E-state index in [1.54, 1.807) is 7.11 Å². The molecule has 96 valence electrons. The maximum absolute atomic E-state index is 5.11. The number of nitrogens with one attached hydrogen (secondary N) is 1. The van der Waals surface area contributed by atoms with Crippen LogP contribution in [0.15, 0.2) is 54.6 Å². The summed E-state index contributed by atoms with van der Waals surface area (Å²) in [5, 5.41) is 3.36. The fourth-order valence-corrected chi connectivity index (χ4v) is 1.50. The summed E-state index contributed by atoms with van der Waals surface area (Å²) in [6.45, 7) is 4.83. The molecule has 2 rings (SSSR count). The zero-order chi connectivity index (χ0) is 13.2. The molecule has 1 N–H and O–H groups in total. The smallest absolute Gasteiger partial charge is 0.118 e. The van der Waals surface area contributed by atoms with E-state index in [1.165, 1.54) is 5.56 Å². The Balaban J connectivity index is 0.000000771. The minimum Gasteiger partial charge on any atom is -0.497 e. The van der Waals surface area contributed by atoms with Crippen molar-refractivity contribution in [3.63, 3.8) is 0 Å². The Morgan fingerprint density at radius 1 is 0.889 bits per heavy atom. The molecule has 0 saturated carbocycles. The van der Waals surface area contributed by atoms with Crippen molar-refractivity contribution in [2.45, 2.75) is 20.4 Å². The largest absolute Gasteiger partial charge is 0.497 e. The molecule has 2 heteroatoms. The standard InChI is InChI=1S/C14H15NO.C2H6/c1-16-14-9-7-12(8-10-14)11-15-13-5-3-2-4-6-13;1-2/h2-10,15H,11H2,1H3;1-2H3. The van der Waals surface area contributed by atoms with Gasteiger partial charge in [0, 0.05) is 12.2 Å². The SMILES string of the molecule is CC.COc1ccc(CNc2ccccc2)cc1. The Labute approximate surface area is 110 Å². The van der Waals surface area contributed by atoms with Gasteiger partial charge >= 0.3 is 0 Å². The summed E-state index contributed by atoms with van der Waals surface area (Å²) < 4.78 is 5.11. The third-order valence-corrected chi connectivity index (χ3v) is 2.43. The van der Waals surface area contributed by atoms with Crippen LogP contribution in [0, 0.1) is 0 Å². The summed E-state index contributed by atoms with van der Waals surface area (Å²) in [4.78, 5) is 0. The fourth-order valence-electron chi connectivity index (χ4n) is 1.50. The van der Waals surface area contributed by atoms with Gasteiger partial charge in [-0.15, -0.1) is 0 Å². The normalized spacial score (nSPS) is 9.06. The summed E-state index contributed by atoms with van der Waals surface area (Å²) >= 11 is 0. The van der Waals surface area contributed by atoms with E-state index in [2.05, 4.69) is 29.6 Å². The van der Waals surface area contributed by atoms with Gasteiger partial charge in [0.2, 0.25) is 0 Å². The van der Waals surface area contributed by atoms with Crippen molar-refractivity contribution in [2.24, 2.45) is 0 Å². The number of ether oxygens (including phenoxy) is 1. The molecule has 0 bridgehead atoms. The topological polar surface area (TPSA) is 21.3 Å². The molecule has 0 amide bonds. The maximum Gasteiger partial charge on any atom is 0.118 e. The van der Waals surface area contributed by atoms with Gasteiger partial charge in [-0.3, -0.25) is 0 Å². The lowest BCUT2D eigenvalue weighted by Gasteiger charge is -2.06. The number of methoxy groups -OCH3 is 1. The number of hydrogen-bond acceptors (Lipinski definition) is 2. The predicted molar refractivity (Wildman–Crippen MR) is 78.1 cm³/mol. The van der Waals surface area contributed by atoms with E-state index in [1.807, 2.05) is 44.2 Å². The quantitative estimate of drug-likeness (QED) is 0.862. The maximum atomic E-state index is 5.11. The Hall–Kier alpha value is -1.96. The van der Waals surface area contributed by atoms with Crippen molar-refractivity contribution in [3.8, 4) is 5.75 Å². The first kappa shape index (κ1) is 14.1. The molecule has 2 nitrogen and oxygen atoms in total. The van der Waals surface area contributed by atoms with Crippen LogP contribution in [0.2, 0.25) is 0 Å². The highest BCUT2D eigenvalue weighted by molar-refractivity contribution is 5.43. The van der Waals surface area contributed by atoms with Gasteiger partial charge in [0.1, 0.15) is 5.75 Å². The molecule has 0 spiro atoms. The minimum atomic E-state index is 0.827. The molecule has 0 radical (unpaired) electrons. The summed E-state index contributed by atoms with van der Waals surface area (Å²) in [5.41, 5.74) is 2.38. The Bertz CT molecular complexity index is 423. The third kappa shape index (κ3) is 4.50. The molecule has 0 saturated heterocycles. The van der Waals surface area contributed by atoms with Crippen molar-refractivity contribution < 1.29 is 4.74 Å². The highest BCUT2D eigenvalue weighted by Crippen LogP contribution is 2.13. The van der Waals surface area contributed by atoms with E-state index in [4.69, 9.17) is 4.74 Å². The van der Waals surface area contributed by atoms with Crippen LogP contribution < -0.4 is 10.1 Å². The minimum absolute atomic E-state index is 0.827. The summed E-state index contributed by atoms with van der Waals surface area (Å²) in [5.74, 6) is 0.892. The lowest BCUT2D eigenvalue weighted by Crippen LogP contribution is -1.98. The highest BCUT2D eigenvalue weighted by Gasteiger charge is 1.94. The van der Waals surface area contributed by atoms with E-state index in [-0.39, 0.29) is 0 Å². The molecule has 2 aromatic rings. The second kappa shape index (κ2) is 8.18. The van der Waals surface area contributed by atoms with Gasteiger partial charge in [-0.2, -0.15) is 0 Å². The Morgan fingerprint density at radius 3 is 2.06 bits per heavy atom. The zero-order valence-electron chi connectivity index (χ0n) is 11.3. The molecule has 0 unspecified atom stereocenters. The van der Waals surface area contributed by atoms with Crippen LogP contribution >= 0.6 is 0 Å². The van der Waals surface area contributed by atoms with Crippen LogP contribution in [0.25, 0.3) is 0 Å². The van der Waals surface area contributed by atoms with Gasteiger partial charge in [0.15, 0.2) is 0 Å². The van der Waals surface area contributed by atoms with Crippen molar-refractivity contribution >= 4 is 5.69 Å². The molecular formula is C16H21NO. The molecule has 2 aromatic carbocycles. The Kier molecular flexibility index (Phi) is 6.41. The van der Waals surface area contributed by atoms with Gasteiger partial charge < -0.3 is 10.1 Å². The number of hydrogen-bond donors (Lipinski definition) is 1.